The van der Waals surface area contributed by atoms with Crippen LogP contribution in [0.5, 0.6) is 0 Å². The predicted molar refractivity (Wildman–Crippen MR) is 51.2 cm³/mol. The molecule has 4 nitrogen and oxygen atoms in total. The zero-order valence-corrected chi connectivity index (χ0v) is 7.56. The number of carboxylic acids is 1. The molecular weight excluding hydrogens is 180 g/mol. The van der Waals surface area contributed by atoms with Crippen LogP contribution in [0.2, 0.25) is 0 Å². The van der Waals surface area contributed by atoms with E-state index in [0.717, 1.165) is 11.1 Å². The van der Waals surface area contributed by atoms with Gasteiger partial charge in [-0.2, -0.15) is 5.10 Å². The summed E-state index contributed by atoms with van der Waals surface area (Å²) in [5.74, 6) is -0.978. The third kappa shape index (κ3) is 1.31. The maximum Gasteiger partial charge on any atom is 0.337 e. The molecule has 4 heteroatoms. The van der Waals surface area contributed by atoms with Crippen LogP contribution in [0.4, 0.5) is 0 Å². The van der Waals surface area contributed by atoms with Gasteiger partial charge < -0.3 is 5.11 Å². The highest BCUT2D eigenvalue weighted by Gasteiger charge is 2.09. The van der Waals surface area contributed by atoms with Gasteiger partial charge in [-0.1, -0.05) is 12.1 Å². The van der Waals surface area contributed by atoms with Crippen molar-refractivity contribution in [1.82, 2.24) is 10.2 Å². The molecule has 0 spiro atoms. The molecule has 70 valence electrons. The van der Waals surface area contributed by atoms with Gasteiger partial charge in [0.1, 0.15) is 5.52 Å². The molecule has 0 bridgehead atoms. The minimum Gasteiger partial charge on any atom is -0.478 e. The van der Waals surface area contributed by atoms with E-state index in [1.54, 1.807) is 6.07 Å². The van der Waals surface area contributed by atoms with Crippen molar-refractivity contribution in [2.45, 2.75) is 6.92 Å². The molecule has 0 atom stereocenters. The zero-order chi connectivity index (χ0) is 10.1. The predicted octanol–water partition coefficient (Wildman–Crippen LogP) is 1.64. The molecule has 0 radical (unpaired) electrons. The minimum absolute atomic E-state index is 0.190. The first-order valence-corrected chi connectivity index (χ1v) is 4.15. The highest BCUT2D eigenvalue weighted by Crippen LogP contribution is 2.15. The van der Waals surface area contributed by atoms with Crippen molar-refractivity contribution in [1.29, 1.82) is 0 Å². The summed E-state index contributed by atoms with van der Waals surface area (Å²) in [6.45, 7) is 1.82. The molecule has 0 aliphatic rings. The Morgan fingerprint density at radius 2 is 2.14 bits per heavy atom. The van der Waals surface area contributed by atoms with Crippen molar-refractivity contribution in [2.24, 2.45) is 0 Å². The van der Waals surface area contributed by atoms with Gasteiger partial charge in [0.05, 0.1) is 11.3 Å². The van der Waals surface area contributed by atoms with Gasteiger partial charge in [-0.3, -0.25) is 0 Å². The first-order valence-electron chi connectivity index (χ1n) is 4.15. The van der Waals surface area contributed by atoms with Crippen molar-refractivity contribution < 1.29 is 9.90 Å². The van der Waals surface area contributed by atoms with Crippen LogP contribution < -0.4 is 0 Å². The molecule has 0 unspecified atom stereocenters. The van der Waals surface area contributed by atoms with Crippen LogP contribution in [0.25, 0.3) is 10.9 Å². The molecule has 0 aliphatic carbocycles. The van der Waals surface area contributed by atoms with Gasteiger partial charge in [0.15, 0.2) is 0 Å². The van der Waals surface area contributed by atoms with Crippen LogP contribution in [0.3, 0.4) is 0 Å². The normalized spacial score (nSPS) is 10.4. The summed E-state index contributed by atoms with van der Waals surface area (Å²) in [6.07, 6.45) is 0. The number of aromatic nitrogens is 2. The Labute approximate surface area is 80.2 Å². The summed E-state index contributed by atoms with van der Waals surface area (Å²) < 4.78 is 0. The van der Waals surface area contributed by atoms with Gasteiger partial charge in [0.2, 0.25) is 0 Å². The number of benzene rings is 1. The van der Waals surface area contributed by atoms with Crippen molar-refractivity contribution in [3.8, 4) is 0 Å². The number of aromatic carboxylic acids is 1. The van der Waals surface area contributed by atoms with E-state index in [2.05, 4.69) is 10.2 Å². The third-order valence-electron chi connectivity index (χ3n) is 1.97. The van der Waals surface area contributed by atoms with Gasteiger partial charge in [-0.25, -0.2) is 4.79 Å². The van der Waals surface area contributed by atoms with Gasteiger partial charge >= 0.3 is 5.97 Å². The van der Waals surface area contributed by atoms with E-state index < -0.39 is 5.97 Å². The second-order valence-corrected chi connectivity index (χ2v) is 3.03. The standard InChI is InChI=1S/C10H8N2O2/c1-6-5-7-3-2-4-8(10(13)14)9(7)12-11-6/h2-5H,1H3,(H,13,14). The molecule has 0 aliphatic heterocycles. The van der Waals surface area contributed by atoms with Crippen LogP contribution >= 0.6 is 0 Å². The lowest BCUT2D eigenvalue weighted by atomic mass is 10.1. The molecule has 0 saturated heterocycles. The number of fused-ring (bicyclic) bond motifs is 1. The molecule has 2 rings (SSSR count). The number of hydrogen-bond acceptors (Lipinski definition) is 3. The number of carboxylic acid groups (broad SMARTS) is 1. The number of nitrogens with zero attached hydrogens (tertiary/aromatic N) is 2. The summed E-state index contributed by atoms with van der Waals surface area (Å²) >= 11 is 0. The maximum absolute atomic E-state index is 10.8. The van der Waals surface area contributed by atoms with E-state index in [4.69, 9.17) is 5.11 Å². The van der Waals surface area contributed by atoms with E-state index >= 15 is 0 Å². The highest BCUT2D eigenvalue weighted by atomic mass is 16.4. The molecule has 1 aromatic carbocycles. The third-order valence-corrected chi connectivity index (χ3v) is 1.97. The minimum atomic E-state index is -0.978. The number of hydrogen-bond donors (Lipinski definition) is 1. The molecule has 2 aromatic rings. The van der Waals surface area contributed by atoms with Crippen molar-refractivity contribution in [3.05, 3.63) is 35.5 Å². The smallest absolute Gasteiger partial charge is 0.337 e. The van der Waals surface area contributed by atoms with E-state index in [1.165, 1.54) is 6.07 Å². The van der Waals surface area contributed by atoms with Gasteiger partial charge in [0.25, 0.3) is 0 Å². The summed E-state index contributed by atoms with van der Waals surface area (Å²) in [5, 5.41) is 17.4. The lowest BCUT2D eigenvalue weighted by Gasteiger charge is -2.00. The van der Waals surface area contributed by atoms with Crippen LogP contribution in [-0.4, -0.2) is 21.3 Å². The van der Waals surface area contributed by atoms with E-state index in [1.807, 2.05) is 19.1 Å². The Morgan fingerprint density at radius 1 is 1.36 bits per heavy atom. The Hall–Kier alpha value is -1.97. The molecule has 0 saturated carbocycles. The summed E-state index contributed by atoms with van der Waals surface area (Å²) in [5.41, 5.74) is 1.40. The van der Waals surface area contributed by atoms with E-state index in [-0.39, 0.29) is 5.56 Å². The van der Waals surface area contributed by atoms with Gasteiger partial charge in [-0.15, -0.1) is 5.10 Å². The Morgan fingerprint density at radius 3 is 2.86 bits per heavy atom. The fourth-order valence-electron chi connectivity index (χ4n) is 1.34. The first kappa shape index (κ1) is 8.62. The summed E-state index contributed by atoms with van der Waals surface area (Å²) in [4.78, 5) is 10.8. The lowest BCUT2D eigenvalue weighted by molar-refractivity contribution is 0.0699. The molecule has 0 fully saturated rings. The topological polar surface area (TPSA) is 63.1 Å². The van der Waals surface area contributed by atoms with Crippen LogP contribution in [0.15, 0.2) is 24.3 Å². The zero-order valence-electron chi connectivity index (χ0n) is 7.56. The van der Waals surface area contributed by atoms with Crippen molar-refractivity contribution in [2.75, 3.05) is 0 Å². The summed E-state index contributed by atoms with van der Waals surface area (Å²) in [7, 11) is 0. The van der Waals surface area contributed by atoms with Crippen LogP contribution in [0, 0.1) is 6.92 Å². The monoisotopic (exact) mass is 188 g/mol. The van der Waals surface area contributed by atoms with Crippen LogP contribution in [-0.2, 0) is 0 Å². The second kappa shape index (κ2) is 3.06. The number of aryl methyl sites for hydroxylation is 1. The average molecular weight is 188 g/mol. The fourth-order valence-corrected chi connectivity index (χ4v) is 1.34. The van der Waals surface area contributed by atoms with Gasteiger partial charge in [0, 0.05) is 5.39 Å². The Bertz CT molecular complexity index is 508. The first-order chi connectivity index (χ1) is 6.68. The van der Waals surface area contributed by atoms with Crippen LogP contribution in [0.1, 0.15) is 16.1 Å². The molecule has 0 amide bonds. The van der Waals surface area contributed by atoms with Crippen molar-refractivity contribution in [3.63, 3.8) is 0 Å². The largest absolute Gasteiger partial charge is 0.478 e. The maximum atomic E-state index is 10.8. The second-order valence-electron chi connectivity index (χ2n) is 3.03. The average Bonchev–Trinajstić information content (AvgIpc) is 2.16. The van der Waals surface area contributed by atoms with Crippen molar-refractivity contribution >= 4 is 16.9 Å². The van der Waals surface area contributed by atoms with E-state index in [0.29, 0.717) is 5.52 Å². The summed E-state index contributed by atoms with van der Waals surface area (Å²) in [6, 6.07) is 6.86. The fraction of sp³-hybridized carbons (Fsp3) is 0.100. The SMILES string of the molecule is Cc1cc2cccc(C(=O)O)c2nn1. The molecule has 1 aromatic heterocycles. The molecule has 1 heterocycles. The molecular formula is C10H8N2O2. The lowest BCUT2D eigenvalue weighted by Crippen LogP contribution is -2.00. The molecule has 1 N–H and O–H groups in total. The number of rotatable bonds is 1. The highest BCUT2D eigenvalue weighted by molar-refractivity contribution is 6.01. The molecule has 14 heavy (non-hydrogen) atoms. The van der Waals surface area contributed by atoms with Gasteiger partial charge in [-0.05, 0) is 19.1 Å². The van der Waals surface area contributed by atoms with E-state index in [9.17, 15) is 4.79 Å². The Kier molecular flexibility index (Phi) is 1.89. The Balaban J connectivity index is 2.81. The number of carbonyl (C=O) groups is 1. The quantitative estimate of drug-likeness (QED) is 0.738.